The Morgan fingerprint density at radius 3 is 2.61 bits per heavy atom. The first kappa shape index (κ1) is 17.7. The molecule has 5 heteroatoms. The lowest BCUT2D eigenvalue weighted by Gasteiger charge is -2.36. The van der Waals surface area contributed by atoms with Crippen LogP contribution in [0.5, 0.6) is 0 Å². The Hall–Kier alpha value is -1.62. The predicted molar refractivity (Wildman–Crippen MR) is 92.9 cm³/mol. The molecule has 0 spiro atoms. The van der Waals surface area contributed by atoms with Gasteiger partial charge in [-0.1, -0.05) is 36.4 Å². The molecule has 0 aromatic heterocycles. The monoisotopic (exact) mass is 335 g/mol. The average Bonchev–Trinajstić information content (AvgIpc) is 3.02. The number of rotatable bonds is 4. The van der Waals surface area contributed by atoms with Crippen molar-refractivity contribution in [2.75, 3.05) is 13.7 Å². The summed E-state index contributed by atoms with van der Waals surface area (Å²) in [6, 6.07) is 13.8. The fourth-order valence-corrected chi connectivity index (χ4v) is 3.51. The van der Waals surface area contributed by atoms with Gasteiger partial charge in [0, 0.05) is 6.54 Å². The summed E-state index contributed by atoms with van der Waals surface area (Å²) in [6.45, 7) is 2.58. The fraction of sp³-hybridized carbons (Fsp3) is 0.389. The Labute approximate surface area is 142 Å². The van der Waals surface area contributed by atoms with E-state index in [2.05, 4.69) is 0 Å². The quantitative estimate of drug-likeness (QED) is 0.927. The molecule has 1 heterocycles. The summed E-state index contributed by atoms with van der Waals surface area (Å²) in [5, 5.41) is 13.9. The van der Waals surface area contributed by atoms with Gasteiger partial charge >= 0.3 is 5.97 Å². The van der Waals surface area contributed by atoms with E-state index in [-0.39, 0.29) is 18.4 Å². The number of carboxylic acid groups (broad SMARTS) is 1. The van der Waals surface area contributed by atoms with Gasteiger partial charge in [0.15, 0.2) is 0 Å². The zero-order chi connectivity index (χ0) is 15.7. The number of carboxylic acids is 1. The summed E-state index contributed by atoms with van der Waals surface area (Å²) in [5.41, 5.74) is -0.163. The molecule has 124 valence electrons. The van der Waals surface area contributed by atoms with Crippen molar-refractivity contribution in [3.8, 4) is 0 Å². The van der Waals surface area contributed by atoms with Crippen LogP contribution in [0.2, 0.25) is 0 Å². The highest BCUT2D eigenvalue weighted by atomic mass is 35.5. The van der Waals surface area contributed by atoms with Crippen LogP contribution in [0, 0.1) is 0 Å². The average molecular weight is 336 g/mol. The number of hydrogen-bond acceptors (Lipinski definition) is 3. The van der Waals surface area contributed by atoms with Crippen molar-refractivity contribution >= 4 is 29.1 Å². The maximum Gasteiger partial charge on any atom is 0.315 e. The van der Waals surface area contributed by atoms with Gasteiger partial charge in [-0.15, -0.1) is 12.4 Å². The highest BCUT2D eigenvalue weighted by molar-refractivity contribution is 5.87. The van der Waals surface area contributed by atoms with E-state index < -0.39 is 11.4 Å². The van der Waals surface area contributed by atoms with Crippen LogP contribution in [0.15, 0.2) is 42.5 Å². The minimum absolute atomic E-state index is 0. The third-order valence-corrected chi connectivity index (χ3v) is 4.90. The molecule has 0 radical (unpaired) electrons. The second-order valence-electron chi connectivity index (χ2n) is 6.05. The summed E-state index contributed by atoms with van der Waals surface area (Å²) in [6.07, 6.45) is 1.78. The topological polar surface area (TPSA) is 49.8 Å². The number of nitrogens with zero attached hydrogens (tertiary/aromatic N) is 1. The van der Waals surface area contributed by atoms with Crippen LogP contribution in [-0.4, -0.2) is 35.8 Å². The van der Waals surface area contributed by atoms with Crippen LogP contribution < -0.4 is 0 Å². The lowest BCUT2D eigenvalue weighted by molar-refractivity contribution is -0.172. The number of hydrogen-bond donors (Lipinski definition) is 1. The van der Waals surface area contributed by atoms with E-state index in [0.29, 0.717) is 0 Å². The molecular formula is C18H22ClNO3. The van der Waals surface area contributed by atoms with Crippen molar-refractivity contribution in [2.45, 2.75) is 31.2 Å². The second kappa shape index (κ2) is 6.87. The minimum atomic E-state index is -0.990. The summed E-state index contributed by atoms with van der Waals surface area (Å²) in [5.74, 6) is -0.809. The highest BCUT2D eigenvalue weighted by Gasteiger charge is 2.48. The Bertz CT molecular complexity index is 705. The van der Waals surface area contributed by atoms with E-state index in [1.807, 2.05) is 47.5 Å². The molecule has 3 rings (SSSR count). The molecule has 1 aliphatic rings. The summed E-state index contributed by atoms with van der Waals surface area (Å²) in [4.78, 5) is 17.5. The molecule has 1 N–H and O–H groups in total. The minimum Gasteiger partial charge on any atom is -0.481 e. The normalized spacial score (nSPS) is 20.9. The first-order valence-corrected chi connectivity index (χ1v) is 7.61. The number of hydroxylamine groups is 2. The highest BCUT2D eigenvalue weighted by Crippen LogP contribution is 2.38. The number of fused-ring (bicyclic) bond motifs is 1. The maximum atomic E-state index is 12.1. The third kappa shape index (κ3) is 2.94. The Morgan fingerprint density at radius 2 is 1.96 bits per heavy atom. The molecule has 1 saturated heterocycles. The van der Waals surface area contributed by atoms with Gasteiger partial charge in [-0.25, -0.2) is 0 Å². The Morgan fingerprint density at radius 1 is 1.26 bits per heavy atom. The van der Waals surface area contributed by atoms with E-state index in [1.165, 1.54) is 0 Å². The van der Waals surface area contributed by atoms with E-state index in [0.717, 1.165) is 35.7 Å². The van der Waals surface area contributed by atoms with E-state index in [4.69, 9.17) is 4.84 Å². The van der Waals surface area contributed by atoms with Crippen LogP contribution >= 0.6 is 12.4 Å². The Kier molecular flexibility index (Phi) is 5.30. The van der Waals surface area contributed by atoms with Crippen molar-refractivity contribution in [3.05, 3.63) is 48.0 Å². The Balaban J connectivity index is 0.00000192. The van der Waals surface area contributed by atoms with Gasteiger partial charge < -0.3 is 9.94 Å². The van der Waals surface area contributed by atoms with Gasteiger partial charge in [-0.2, -0.15) is 5.06 Å². The second-order valence-corrected chi connectivity index (χ2v) is 6.05. The molecule has 0 bridgehead atoms. The lowest BCUT2D eigenvalue weighted by atomic mass is 9.74. The van der Waals surface area contributed by atoms with Gasteiger partial charge in [0.2, 0.25) is 0 Å². The largest absolute Gasteiger partial charge is 0.481 e. The molecule has 1 fully saturated rings. The standard InChI is InChI=1S/C18H21NO3.ClH/c1-18(17(20)21,16-8-5-11-19(16)22-2)15-10-9-13-6-3-4-7-14(13)12-15;/h3-4,6-7,9-10,12,16H,5,8,11H2,1-2H3,(H,20,21);1H. The number of halogens is 1. The van der Waals surface area contributed by atoms with Crippen molar-refractivity contribution in [2.24, 2.45) is 0 Å². The molecule has 1 aliphatic heterocycles. The van der Waals surface area contributed by atoms with Crippen molar-refractivity contribution in [3.63, 3.8) is 0 Å². The summed E-state index contributed by atoms with van der Waals surface area (Å²) >= 11 is 0. The molecule has 0 aliphatic carbocycles. The SMILES string of the molecule is CON1CCCC1C(C)(C(=O)O)c1ccc2ccccc2c1.Cl. The van der Waals surface area contributed by atoms with Crippen LogP contribution in [0.25, 0.3) is 10.8 Å². The first-order chi connectivity index (χ1) is 10.6. The van der Waals surface area contributed by atoms with Crippen molar-refractivity contribution in [1.82, 2.24) is 5.06 Å². The molecule has 23 heavy (non-hydrogen) atoms. The van der Waals surface area contributed by atoms with Crippen molar-refractivity contribution < 1.29 is 14.7 Å². The van der Waals surface area contributed by atoms with Gasteiger partial charge in [0.1, 0.15) is 5.41 Å². The smallest absolute Gasteiger partial charge is 0.315 e. The van der Waals surface area contributed by atoms with Crippen molar-refractivity contribution in [1.29, 1.82) is 0 Å². The van der Waals surface area contributed by atoms with E-state index in [9.17, 15) is 9.90 Å². The zero-order valence-electron chi connectivity index (χ0n) is 13.4. The summed E-state index contributed by atoms with van der Waals surface area (Å²) in [7, 11) is 1.61. The third-order valence-electron chi connectivity index (χ3n) is 4.90. The van der Waals surface area contributed by atoms with Crippen LogP contribution in [0.1, 0.15) is 25.3 Å². The lowest BCUT2D eigenvalue weighted by Crippen LogP contribution is -2.50. The number of benzene rings is 2. The molecule has 2 atom stereocenters. The predicted octanol–water partition coefficient (Wildman–Crippen LogP) is 3.63. The number of aliphatic carboxylic acids is 1. The molecular weight excluding hydrogens is 314 g/mol. The molecule has 0 saturated carbocycles. The molecule has 2 unspecified atom stereocenters. The van der Waals surface area contributed by atoms with E-state index >= 15 is 0 Å². The van der Waals surface area contributed by atoms with Gasteiger partial charge in [0.05, 0.1) is 13.2 Å². The molecule has 2 aromatic rings. The van der Waals surface area contributed by atoms with Crippen LogP contribution in [-0.2, 0) is 15.0 Å². The van der Waals surface area contributed by atoms with Gasteiger partial charge in [-0.3, -0.25) is 4.79 Å². The molecule has 2 aromatic carbocycles. The van der Waals surface area contributed by atoms with Gasteiger partial charge in [-0.05, 0) is 42.2 Å². The fourth-order valence-electron chi connectivity index (χ4n) is 3.51. The summed E-state index contributed by atoms with van der Waals surface area (Å²) < 4.78 is 0. The van der Waals surface area contributed by atoms with Crippen LogP contribution in [0.4, 0.5) is 0 Å². The number of carbonyl (C=O) groups is 1. The van der Waals surface area contributed by atoms with Crippen LogP contribution in [0.3, 0.4) is 0 Å². The maximum absolute atomic E-state index is 12.1. The first-order valence-electron chi connectivity index (χ1n) is 7.61. The molecule has 0 amide bonds. The van der Waals surface area contributed by atoms with E-state index in [1.54, 1.807) is 14.0 Å². The molecule has 4 nitrogen and oxygen atoms in total. The van der Waals surface area contributed by atoms with Gasteiger partial charge in [0.25, 0.3) is 0 Å². The zero-order valence-corrected chi connectivity index (χ0v) is 14.2.